The predicted octanol–water partition coefficient (Wildman–Crippen LogP) is 2.78. The highest BCUT2D eigenvalue weighted by molar-refractivity contribution is 5.88. The molecule has 0 aliphatic rings. The maximum absolute atomic E-state index is 11.1. The van der Waals surface area contributed by atoms with E-state index in [2.05, 4.69) is 15.3 Å². The predicted molar refractivity (Wildman–Crippen MR) is 112 cm³/mol. The lowest BCUT2D eigenvalue weighted by atomic mass is 10.1. The smallest absolute Gasteiger partial charge is 0.221 e. The van der Waals surface area contributed by atoms with Gasteiger partial charge in [0.1, 0.15) is 12.4 Å². The Morgan fingerprint density at radius 3 is 2.45 bits per heavy atom. The first-order chi connectivity index (χ1) is 13.9. The second-order valence-corrected chi connectivity index (χ2v) is 6.47. The van der Waals surface area contributed by atoms with Crippen LogP contribution in [0.15, 0.2) is 48.7 Å². The Balaban J connectivity index is 1.68. The summed E-state index contributed by atoms with van der Waals surface area (Å²) in [7, 11) is 1.59. The van der Waals surface area contributed by atoms with E-state index < -0.39 is 0 Å². The van der Waals surface area contributed by atoms with E-state index >= 15 is 0 Å². The molecule has 0 aliphatic carbocycles. The number of anilines is 3. The maximum atomic E-state index is 11.1. The van der Waals surface area contributed by atoms with E-state index in [1.54, 1.807) is 13.3 Å². The Hall–Kier alpha value is -3.81. The number of carbonyl (C=O) groups excluding carboxylic acids is 1. The summed E-state index contributed by atoms with van der Waals surface area (Å²) >= 11 is 0. The van der Waals surface area contributed by atoms with Gasteiger partial charge in [0.2, 0.25) is 11.9 Å². The molecule has 3 aromatic rings. The van der Waals surface area contributed by atoms with Crippen LogP contribution in [0.5, 0.6) is 11.5 Å². The minimum atomic E-state index is -0.105. The van der Waals surface area contributed by atoms with Crippen molar-refractivity contribution in [3.8, 4) is 11.5 Å². The average molecular weight is 393 g/mol. The third-order valence-electron chi connectivity index (χ3n) is 4.21. The molecule has 0 saturated heterocycles. The lowest BCUT2D eigenvalue weighted by Gasteiger charge is -2.13. The zero-order valence-corrected chi connectivity index (χ0v) is 16.3. The van der Waals surface area contributed by atoms with E-state index in [4.69, 9.17) is 20.9 Å². The van der Waals surface area contributed by atoms with Crippen molar-refractivity contribution in [1.29, 1.82) is 0 Å². The molecule has 1 amide bonds. The van der Waals surface area contributed by atoms with Gasteiger partial charge >= 0.3 is 0 Å². The summed E-state index contributed by atoms with van der Waals surface area (Å²) in [5, 5.41) is 2.73. The quantitative estimate of drug-likeness (QED) is 0.563. The van der Waals surface area contributed by atoms with E-state index in [0.29, 0.717) is 30.3 Å². The lowest BCUT2D eigenvalue weighted by Crippen LogP contribution is -2.05. The number of nitrogens with two attached hydrogens (primary N) is 2. The molecule has 8 nitrogen and oxygen atoms in total. The molecule has 1 heterocycles. The van der Waals surface area contributed by atoms with Gasteiger partial charge in [0.15, 0.2) is 11.5 Å². The van der Waals surface area contributed by atoms with Crippen LogP contribution in [0.25, 0.3) is 0 Å². The van der Waals surface area contributed by atoms with Crippen LogP contribution in [0, 0.1) is 0 Å². The average Bonchev–Trinajstić information content (AvgIpc) is 2.69. The van der Waals surface area contributed by atoms with Crippen molar-refractivity contribution in [2.45, 2.75) is 20.0 Å². The monoisotopic (exact) mass is 393 g/mol. The Morgan fingerprint density at radius 1 is 1.07 bits per heavy atom. The number of methoxy groups -OCH3 is 1. The Kier molecular flexibility index (Phi) is 6.13. The van der Waals surface area contributed by atoms with Crippen molar-refractivity contribution in [2.75, 3.05) is 23.9 Å². The summed E-state index contributed by atoms with van der Waals surface area (Å²) in [5.74, 6) is 1.65. The number of benzene rings is 2. The number of ether oxygens (including phenoxy) is 2. The molecular formula is C21H23N5O3. The molecular weight excluding hydrogens is 370 g/mol. The molecule has 0 unspecified atom stereocenters. The number of hydrogen-bond acceptors (Lipinski definition) is 7. The first-order valence-electron chi connectivity index (χ1n) is 8.97. The summed E-state index contributed by atoms with van der Waals surface area (Å²) in [6, 6.07) is 13.2. The van der Waals surface area contributed by atoms with Crippen molar-refractivity contribution in [2.24, 2.45) is 0 Å². The van der Waals surface area contributed by atoms with Crippen LogP contribution >= 0.6 is 0 Å². The molecule has 0 saturated carbocycles. The van der Waals surface area contributed by atoms with Gasteiger partial charge in [-0.25, -0.2) is 4.98 Å². The highest BCUT2D eigenvalue weighted by Crippen LogP contribution is 2.30. The standard InChI is InChI=1S/C21H23N5O3/c1-13(27)25-17-6-3-14(4-7-17)12-29-18-8-5-15(10-19(18)28-2)9-16-11-24-21(23)26-20(16)22/h3-8,10-11H,9,12H2,1-2H3,(H,25,27)(H4,22,23,24,26). The third kappa shape index (κ3) is 5.35. The molecule has 2 aromatic carbocycles. The number of nitrogens with zero attached hydrogens (tertiary/aromatic N) is 2. The van der Waals surface area contributed by atoms with Crippen LogP contribution in [0.2, 0.25) is 0 Å². The van der Waals surface area contributed by atoms with Gasteiger partial charge in [-0.15, -0.1) is 0 Å². The second kappa shape index (κ2) is 8.92. The van der Waals surface area contributed by atoms with Crippen LogP contribution in [0.3, 0.4) is 0 Å². The fourth-order valence-electron chi connectivity index (χ4n) is 2.78. The molecule has 5 N–H and O–H groups in total. The van der Waals surface area contributed by atoms with Crippen LogP contribution in [-0.2, 0) is 17.8 Å². The molecule has 0 atom stereocenters. The Labute approximate surface area is 168 Å². The molecule has 1 aromatic heterocycles. The number of hydrogen-bond donors (Lipinski definition) is 3. The van der Waals surface area contributed by atoms with Crippen LogP contribution in [0.4, 0.5) is 17.5 Å². The van der Waals surface area contributed by atoms with Gasteiger partial charge in [-0.2, -0.15) is 4.98 Å². The second-order valence-electron chi connectivity index (χ2n) is 6.47. The van der Waals surface area contributed by atoms with Crippen LogP contribution < -0.4 is 26.3 Å². The minimum Gasteiger partial charge on any atom is -0.493 e. The summed E-state index contributed by atoms with van der Waals surface area (Å²) < 4.78 is 11.4. The van der Waals surface area contributed by atoms with Crippen molar-refractivity contribution in [3.63, 3.8) is 0 Å². The molecule has 0 bridgehead atoms. The molecule has 0 fully saturated rings. The van der Waals surface area contributed by atoms with Crippen LogP contribution in [0.1, 0.15) is 23.6 Å². The first-order valence-corrected chi connectivity index (χ1v) is 8.97. The Bertz CT molecular complexity index is 1010. The van der Waals surface area contributed by atoms with Gasteiger partial charge in [0, 0.05) is 30.8 Å². The molecule has 0 spiro atoms. The Morgan fingerprint density at radius 2 is 1.79 bits per heavy atom. The van der Waals surface area contributed by atoms with E-state index in [1.807, 2.05) is 42.5 Å². The van der Waals surface area contributed by atoms with Gasteiger partial charge in [0.05, 0.1) is 7.11 Å². The number of nitrogens with one attached hydrogen (secondary N) is 1. The number of aromatic nitrogens is 2. The normalized spacial score (nSPS) is 10.4. The molecule has 3 rings (SSSR count). The van der Waals surface area contributed by atoms with Crippen molar-refractivity contribution >= 4 is 23.4 Å². The summed E-state index contributed by atoms with van der Waals surface area (Å²) in [5.41, 5.74) is 14.9. The third-order valence-corrected chi connectivity index (χ3v) is 4.21. The van der Waals surface area contributed by atoms with Crippen molar-refractivity contribution in [3.05, 3.63) is 65.4 Å². The fraction of sp³-hybridized carbons (Fsp3) is 0.190. The molecule has 150 valence electrons. The van der Waals surface area contributed by atoms with Crippen LogP contribution in [-0.4, -0.2) is 23.0 Å². The summed E-state index contributed by atoms with van der Waals surface area (Å²) in [6.45, 7) is 1.84. The largest absolute Gasteiger partial charge is 0.493 e. The molecule has 8 heteroatoms. The van der Waals surface area contributed by atoms with Gasteiger partial charge in [-0.3, -0.25) is 4.79 Å². The van der Waals surface area contributed by atoms with Crippen molar-refractivity contribution < 1.29 is 14.3 Å². The van der Waals surface area contributed by atoms with Gasteiger partial charge < -0.3 is 26.3 Å². The molecule has 29 heavy (non-hydrogen) atoms. The van der Waals surface area contributed by atoms with E-state index in [-0.39, 0.29) is 11.9 Å². The molecule has 0 aliphatic heterocycles. The molecule has 0 radical (unpaired) electrons. The summed E-state index contributed by atoms with van der Waals surface area (Å²) in [4.78, 5) is 19.1. The number of carbonyl (C=O) groups is 1. The van der Waals surface area contributed by atoms with E-state index in [0.717, 1.165) is 22.4 Å². The minimum absolute atomic E-state index is 0.105. The SMILES string of the molecule is COc1cc(Cc2cnc(N)nc2N)ccc1OCc1ccc(NC(C)=O)cc1. The summed E-state index contributed by atoms with van der Waals surface area (Å²) in [6.07, 6.45) is 2.17. The van der Waals surface area contributed by atoms with E-state index in [1.165, 1.54) is 6.92 Å². The highest BCUT2D eigenvalue weighted by atomic mass is 16.5. The topological polar surface area (TPSA) is 125 Å². The number of nitrogen functional groups attached to an aromatic ring is 2. The number of amides is 1. The van der Waals surface area contributed by atoms with E-state index in [9.17, 15) is 4.79 Å². The van der Waals surface area contributed by atoms with Gasteiger partial charge in [-0.1, -0.05) is 18.2 Å². The number of rotatable bonds is 7. The maximum Gasteiger partial charge on any atom is 0.221 e. The first kappa shape index (κ1) is 19.9. The fourth-order valence-corrected chi connectivity index (χ4v) is 2.78. The zero-order chi connectivity index (χ0) is 20.8. The van der Waals surface area contributed by atoms with Gasteiger partial charge in [-0.05, 0) is 35.4 Å². The van der Waals surface area contributed by atoms with Crippen molar-refractivity contribution in [1.82, 2.24) is 9.97 Å². The zero-order valence-electron chi connectivity index (χ0n) is 16.3. The van der Waals surface area contributed by atoms with Gasteiger partial charge in [0.25, 0.3) is 0 Å². The highest BCUT2D eigenvalue weighted by Gasteiger charge is 2.09. The lowest BCUT2D eigenvalue weighted by molar-refractivity contribution is -0.114.